The average Bonchev–Trinajstić information content (AvgIpc) is 3.17. The van der Waals surface area contributed by atoms with Gasteiger partial charge >= 0.3 is 0 Å². The Morgan fingerprint density at radius 1 is 1.03 bits per heavy atom. The summed E-state index contributed by atoms with van der Waals surface area (Å²) >= 11 is 0. The largest absolute Gasteiger partial charge is 0.368 e. The first-order valence-corrected chi connectivity index (χ1v) is 11.5. The van der Waals surface area contributed by atoms with Crippen LogP contribution in [-0.2, 0) is 16.2 Å². The van der Waals surface area contributed by atoms with Crippen LogP contribution in [0.5, 0.6) is 0 Å². The number of anilines is 1. The van der Waals surface area contributed by atoms with Crippen molar-refractivity contribution in [2.75, 3.05) is 12.0 Å². The maximum absolute atomic E-state index is 11.9. The average molecular weight is 419 g/mol. The summed E-state index contributed by atoms with van der Waals surface area (Å²) < 4.78 is 11.9. The fraction of sp³-hybridized carbons (Fsp3) is 0.250. The third-order valence-corrected chi connectivity index (χ3v) is 7.11. The Morgan fingerprint density at radius 2 is 1.70 bits per heavy atom. The Bertz CT molecular complexity index is 1210. The number of fused-ring (bicyclic) bond motifs is 1. The van der Waals surface area contributed by atoms with Crippen molar-refractivity contribution in [3.63, 3.8) is 0 Å². The summed E-state index contributed by atoms with van der Waals surface area (Å²) in [6.45, 7) is 6.78. The molecule has 5 nitrogen and oxygen atoms in total. The zero-order chi connectivity index (χ0) is 21.5. The number of nitrogen functional groups attached to an aromatic ring is 1. The first kappa shape index (κ1) is 20.3. The summed E-state index contributed by atoms with van der Waals surface area (Å²) in [5.41, 5.74) is 10.9. The Hall–Kier alpha value is -2.99. The molecule has 30 heavy (non-hydrogen) atoms. The molecule has 0 aliphatic carbocycles. The molecule has 4 aromatic rings. The smallest absolute Gasteiger partial charge is 0.219 e. The van der Waals surface area contributed by atoms with Gasteiger partial charge in [-0.15, -0.1) is 0 Å². The second kappa shape index (κ2) is 7.69. The zero-order valence-electron chi connectivity index (χ0n) is 17.6. The monoisotopic (exact) mass is 418 g/mol. The minimum atomic E-state index is -1.00. The molecule has 0 saturated carbocycles. The lowest BCUT2D eigenvalue weighted by Gasteiger charge is -2.35. The Kier molecular flexibility index (Phi) is 5.20. The van der Waals surface area contributed by atoms with Gasteiger partial charge in [0.25, 0.3) is 0 Å². The van der Waals surface area contributed by atoms with Crippen LogP contribution in [0.4, 0.5) is 5.95 Å². The van der Waals surface area contributed by atoms with E-state index < -0.39 is 10.8 Å². The van der Waals surface area contributed by atoms with Crippen LogP contribution in [0.1, 0.15) is 31.9 Å². The van der Waals surface area contributed by atoms with Crippen LogP contribution in [0, 0.1) is 5.92 Å². The number of hydrogen-bond donors (Lipinski definition) is 2. The Labute approximate surface area is 179 Å². The van der Waals surface area contributed by atoms with Gasteiger partial charge in [0.2, 0.25) is 5.95 Å². The number of aromatic nitrogens is 3. The molecule has 2 heterocycles. The van der Waals surface area contributed by atoms with Crippen molar-refractivity contribution in [3.05, 3.63) is 72.2 Å². The summed E-state index contributed by atoms with van der Waals surface area (Å²) in [4.78, 5) is 12.4. The van der Waals surface area contributed by atoms with Crippen molar-refractivity contribution in [1.29, 1.82) is 0 Å². The van der Waals surface area contributed by atoms with Gasteiger partial charge in [-0.1, -0.05) is 51.1 Å². The van der Waals surface area contributed by atoms with Crippen molar-refractivity contribution >= 4 is 27.7 Å². The van der Waals surface area contributed by atoms with Crippen molar-refractivity contribution < 1.29 is 4.21 Å². The van der Waals surface area contributed by atoms with Gasteiger partial charge < -0.3 is 10.7 Å². The third kappa shape index (κ3) is 3.41. The minimum absolute atomic E-state index is 0.193. The number of rotatable bonds is 5. The number of benzene rings is 2. The lowest BCUT2D eigenvalue weighted by atomic mass is 9.68. The molecule has 0 amide bonds. The second-order valence-electron chi connectivity index (χ2n) is 8.13. The number of nitrogens with zero attached hydrogens (tertiary/aromatic N) is 2. The highest BCUT2D eigenvalue weighted by atomic mass is 32.2. The quantitative estimate of drug-likeness (QED) is 0.482. The second-order valence-corrected chi connectivity index (χ2v) is 9.51. The van der Waals surface area contributed by atoms with Crippen molar-refractivity contribution in [1.82, 2.24) is 15.0 Å². The molecular weight excluding hydrogens is 392 g/mol. The van der Waals surface area contributed by atoms with Crippen molar-refractivity contribution in [3.8, 4) is 11.1 Å². The van der Waals surface area contributed by atoms with Gasteiger partial charge in [-0.3, -0.25) is 4.21 Å². The van der Waals surface area contributed by atoms with E-state index in [2.05, 4.69) is 72.3 Å². The maximum Gasteiger partial charge on any atom is 0.219 e. The molecule has 4 rings (SSSR count). The van der Waals surface area contributed by atoms with Gasteiger partial charge in [0, 0.05) is 62.4 Å². The van der Waals surface area contributed by atoms with Gasteiger partial charge in [-0.25, -0.2) is 9.97 Å². The van der Waals surface area contributed by atoms with Crippen molar-refractivity contribution in [2.24, 2.45) is 5.92 Å². The molecule has 154 valence electrons. The Morgan fingerprint density at radius 3 is 2.30 bits per heavy atom. The normalized spacial score (nSPS) is 14.7. The number of nitrogens with one attached hydrogen (secondary N) is 1. The fourth-order valence-corrected chi connectivity index (χ4v) is 4.55. The molecular formula is C24H26N4OS. The molecule has 0 bridgehead atoms. The molecule has 0 radical (unpaired) electrons. The predicted octanol–water partition coefficient (Wildman–Crippen LogP) is 4.91. The minimum Gasteiger partial charge on any atom is -0.368 e. The van der Waals surface area contributed by atoms with E-state index >= 15 is 0 Å². The standard InChI is InChI=1S/C24H26N4OS/c1-15(2)24(3,21-14-26-22-11-19(30(4)29)9-10-20(21)22)18-7-5-16(6-8-18)17-12-27-23(25)28-13-17/h5-15,26H,1-4H3,(H2,25,27,28). The molecule has 2 atom stereocenters. The molecule has 0 saturated heterocycles. The van der Waals surface area contributed by atoms with E-state index in [9.17, 15) is 4.21 Å². The van der Waals surface area contributed by atoms with E-state index in [1.165, 1.54) is 11.1 Å². The van der Waals surface area contributed by atoms with Crippen LogP contribution < -0.4 is 5.73 Å². The molecule has 2 aromatic carbocycles. The summed E-state index contributed by atoms with van der Waals surface area (Å²) in [5, 5.41) is 1.16. The van der Waals surface area contributed by atoms with Crippen LogP contribution in [0.25, 0.3) is 22.0 Å². The van der Waals surface area contributed by atoms with Gasteiger partial charge in [-0.05, 0) is 34.7 Å². The molecule has 2 unspecified atom stereocenters. The molecule has 0 aliphatic rings. The molecule has 6 heteroatoms. The number of nitrogens with two attached hydrogens (primary N) is 1. The van der Waals surface area contributed by atoms with E-state index in [1.54, 1.807) is 18.6 Å². The molecule has 0 spiro atoms. The maximum atomic E-state index is 11.9. The van der Waals surface area contributed by atoms with Gasteiger partial charge in [0.15, 0.2) is 0 Å². The number of aromatic amines is 1. The molecule has 3 N–H and O–H groups in total. The van der Waals surface area contributed by atoms with E-state index in [-0.39, 0.29) is 11.4 Å². The molecule has 2 aromatic heterocycles. The number of H-pyrrole nitrogens is 1. The van der Waals surface area contributed by atoms with E-state index in [1.807, 2.05) is 12.1 Å². The predicted molar refractivity (Wildman–Crippen MR) is 124 cm³/mol. The summed E-state index contributed by atoms with van der Waals surface area (Å²) in [7, 11) is -1.00. The van der Waals surface area contributed by atoms with Gasteiger partial charge in [-0.2, -0.15) is 0 Å². The lowest BCUT2D eigenvalue weighted by Crippen LogP contribution is -2.29. The van der Waals surface area contributed by atoms with Crippen LogP contribution in [0.2, 0.25) is 0 Å². The highest BCUT2D eigenvalue weighted by Gasteiger charge is 2.34. The lowest BCUT2D eigenvalue weighted by molar-refractivity contribution is 0.408. The van der Waals surface area contributed by atoms with Crippen molar-refractivity contribution in [2.45, 2.75) is 31.1 Å². The third-order valence-electron chi connectivity index (χ3n) is 6.19. The molecule has 0 aliphatic heterocycles. The Balaban J connectivity index is 1.79. The van der Waals surface area contributed by atoms with Crippen LogP contribution in [-0.4, -0.2) is 25.4 Å². The number of hydrogen-bond acceptors (Lipinski definition) is 4. The van der Waals surface area contributed by atoms with Gasteiger partial charge in [0.1, 0.15) is 0 Å². The van der Waals surface area contributed by atoms with Crippen LogP contribution in [0.15, 0.2) is 66.0 Å². The first-order chi connectivity index (χ1) is 14.3. The summed E-state index contributed by atoms with van der Waals surface area (Å²) in [5.74, 6) is 0.638. The fourth-order valence-electron chi connectivity index (χ4n) is 4.01. The zero-order valence-corrected chi connectivity index (χ0v) is 18.5. The first-order valence-electron chi connectivity index (χ1n) is 9.94. The topological polar surface area (TPSA) is 84.7 Å². The highest BCUT2D eigenvalue weighted by molar-refractivity contribution is 7.84. The summed E-state index contributed by atoms with van der Waals surface area (Å²) in [6, 6.07) is 14.6. The van der Waals surface area contributed by atoms with E-state index in [0.29, 0.717) is 5.92 Å². The summed E-state index contributed by atoms with van der Waals surface area (Å²) in [6.07, 6.45) is 7.29. The van der Waals surface area contributed by atoms with Crippen LogP contribution >= 0.6 is 0 Å². The van der Waals surface area contributed by atoms with Gasteiger partial charge in [0.05, 0.1) is 0 Å². The highest BCUT2D eigenvalue weighted by Crippen LogP contribution is 2.42. The van der Waals surface area contributed by atoms with E-state index in [0.717, 1.165) is 26.9 Å². The molecule has 0 fully saturated rings. The van der Waals surface area contributed by atoms with Crippen LogP contribution in [0.3, 0.4) is 0 Å². The SMILES string of the molecule is CC(C)C(C)(c1ccc(-c2cnc(N)nc2)cc1)c1c[nH]c2cc(S(C)=O)ccc12. The van der Waals surface area contributed by atoms with E-state index in [4.69, 9.17) is 5.73 Å².